The van der Waals surface area contributed by atoms with E-state index in [2.05, 4.69) is 41.8 Å². The van der Waals surface area contributed by atoms with Crippen LogP contribution in [0, 0.1) is 0 Å². The average molecular weight is 365 g/mol. The van der Waals surface area contributed by atoms with E-state index in [1.807, 2.05) is 4.90 Å². The van der Waals surface area contributed by atoms with Crippen LogP contribution in [-0.4, -0.2) is 43.0 Å². The number of carbonyl (C=O) groups excluding carboxylic acids is 2. The highest BCUT2D eigenvalue weighted by Gasteiger charge is 2.31. The molecule has 140 valence electrons. The largest absolute Gasteiger partial charge is 0.481 e. The van der Waals surface area contributed by atoms with Crippen molar-refractivity contribution in [1.29, 1.82) is 0 Å². The maximum absolute atomic E-state index is 13.4. The van der Waals surface area contributed by atoms with Gasteiger partial charge in [-0.2, -0.15) is 0 Å². The molecule has 2 aliphatic heterocycles. The molecule has 1 unspecified atom stereocenters. The Hall–Kier alpha value is -2.86. The van der Waals surface area contributed by atoms with E-state index in [0.717, 1.165) is 18.5 Å². The van der Waals surface area contributed by atoms with Gasteiger partial charge in [0, 0.05) is 19.6 Å². The number of para-hydroxylation sites is 1. The highest BCUT2D eigenvalue weighted by molar-refractivity contribution is 6.03. The molecule has 6 nitrogen and oxygen atoms in total. The van der Waals surface area contributed by atoms with Crippen molar-refractivity contribution in [2.24, 2.45) is 0 Å². The first-order valence-corrected chi connectivity index (χ1v) is 9.33. The number of carbonyl (C=O) groups is 2. The van der Waals surface area contributed by atoms with Crippen LogP contribution in [0.2, 0.25) is 0 Å². The molecule has 6 heteroatoms. The van der Waals surface area contributed by atoms with Crippen LogP contribution < -0.4 is 15.4 Å². The van der Waals surface area contributed by atoms with E-state index < -0.39 is 0 Å². The molecule has 0 aromatic heterocycles. The third-order valence-electron chi connectivity index (χ3n) is 5.14. The van der Waals surface area contributed by atoms with Gasteiger partial charge in [-0.15, -0.1) is 0 Å². The number of hydrogen-bond acceptors (Lipinski definition) is 4. The Balaban J connectivity index is 1.65. The van der Waals surface area contributed by atoms with E-state index in [1.54, 1.807) is 18.2 Å². The molecule has 0 bridgehead atoms. The molecular weight excluding hydrogens is 342 g/mol. The summed E-state index contributed by atoms with van der Waals surface area (Å²) in [6, 6.07) is 13.7. The van der Waals surface area contributed by atoms with E-state index in [-0.39, 0.29) is 24.5 Å². The summed E-state index contributed by atoms with van der Waals surface area (Å²) >= 11 is 0. The Labute approximate surface area is 158 Å². The number of benzene rings is 2. The number of nitrogens with one attached hydrogen (secondary N) is 2. The Morgan fingerprint density at radius 2 is 2.04 bits per heavy atom. The smallest absolute Gasteiger partial charge is 0.262 e. The Bertz CT molecular complexity index is 863. The van der Waals surface area contributed by atoms with Gasteiger partial charge >= 0.3 is 0 Å². The van der Waals surface area contributed by atoms with Gasteiger partial charge in [-0.25, -0.2) is 0 Å². The summed E-state index contributed by atoms with van der Waals surface area (Å²) < 4.78 is 5.57. The monoisotopic (exact) mass is 365 g/mol. The van der Waals surface area contributed by atoms with Gasteiger partial charge in [-0.3, -0.25) is 9.59 Å². The summed E-state index contributed by atoms with van der Waals surface area (Å²) in [5.74, 6) is 0.179. The zero-order valence-electron chi connectivity index (χ0n) is 15.3. The number of anilines is 1. The van der Waals surface area contributed by atoms with Crippen LogP contribution in [0.3, 0.4) is 0 Å². The number of hydrogen-bond donors (Lipinski definition) is 2. The molecule has 2 amide bonds. The quantitative estimate of drug-likeness (QED) is 0.876. The number of piperazine rings is 1. The van der Waals surface area contributed by atoms with Gasteiger partial charge in [0.05, 0.1) is 17.3 Å². The molecule has 0 saturated carbocycles. The minimum absolute atomic E-state index is 0.0359. The number of nitrogens with zero attached hydrogens (tertiary/aromatic N) is 1. The summed E-state index contributed by atoms with van der Waals surface area (Å²) in [5.41, 5.74) is 3.44. The van der Waals surface area contributed by atoms with Gasteiger partial charge in [0.15, 0.2) is 12.4 Å². The molecule has 1 atom stereocenters. The SMILES string of the molecule is CCc1ccc(C2CNCCN2C(=O)c2cccc3c2OCC(=O)N3)cc1. The van der Waals surface area contributed by atoms with Crippen molar-refractivity contribution in [1.82, 2.24) is 10.2 Å². The van der Waals surface area contributed by atoms with Crippen molar-refractivity contribution in [3.8, 4) is 5.75 Å². The molecule has 2 aliphatic rings. The minimum Gasteiger partial charge on any atom is -0.481 e. The Morgan fingerprint density at radius 3 is 2.81 bits per heavy atom. The number of fused-ring (bicyclic) bond motifs is 1. The first-order chi connectivity index (χ1) is 13.2. The first-order valence-electron chi connectivity index (χ1n) is 9.33. The van der Waals surface area contributed by atoms with Crippen LogP contribution >= 0.6 is 0 Å². The molecule has 0 radical (unpaired) electrons. The molecule has 4 rings (SSSR count). The Kier molecular flexibility index (Phi) is 4.81. The van der Waals surface area contributed by atoms with Crippen molar-refractivity contribution >= 4 is 17.5 Å². The van der Waals surface area contributed by atoms with Gasteiger partial charge in [-0.05, 0) is 29.7 Å². The molecule has 27 heavy (non-hydrogen) atoms. The van der Waals surface area contributed by atoms with E-state index in [0.29, 0.717) is 30.1 Å². The lowest BCUT2D eigenvalue weighted by Gasteiger charge is -2.37. The Morgan fingerprint density at radius 1 is 1.22 bits per heavy atom. The molecular formula is C21H23N3O3. The molecule has 1 saturated heterocycles. The predicted molar refractivity (Wildman–Crippen MR) is 103 cm³/mol. The van der Waals surface area contributed by atoms with E-state index in [4.69, 9.17) is 4.74 Å². The van der Waals surface area contributed by atoms with Crippen LogP contribution in [0.25, 0.3) is 0 Å². The van der Waals surface area contributed by atoms with Crippen LogP contribution in [-0.2, 0) is 11.2 Å². The molecule has 1 fully saturated rings. The first kappa shape index (κ1) is 17.5. The van der Waals surface area contributed by atoms with Crippen molar-refractivity contribution in [2.45, 2.75) is 19.4 Å². The van der Waals surface area contributed by atoms with Crippen molar-refractivity contribution in [3.05, 3.63) is 59.2 Å². The van der Waals surface area contributed by atoms with Gasteiger partial charge < -0.3 is 20.3 Å². The second-order valence-corrected chi connectivity index (χ2v) is 6.83. The third-order valence-corrected chi connectivity index (χ3v) is 5.14. The van der Waals surface area contributed by atoms with Gasteiger partial charge in [-0.1, -0.05) is 37.3 Å². The second kappa shape index (κ2) is 7.40. The van der Waals surface area contributed by atoms with Crippen molar-refractivity contribution in [3.63, 3.8) is 0 Å². The highest BCUT2D eigenvalue weighted by Crippen LogP contribution is 2.34. The predicted octanol–water partition coefficient (Wildman–Crippen LogP) is 2.37. The fraction of sp³-hybridized carbons (Fsp3) is 0.333. The van der Waals surface area contributed by atoms with Gasteiger partial charge in [0.1, 0.15) is 0 Å². The number of amides is 2. The maximum Gasteiger partial charge on any atom is 0.262 e. The van der Waals surface area contributed by atoms with E-state index >= 15 is 0 Å². The molecule has 0 aliphatic carbocycles. The number of aryl methyl sites for hydroxylation is 1. The lowest BCUT2D eigenvalue weighted by molar-refractivity contribution is -0.118. The fourth-order valence-electron chi connectivity index (χ4n) is 3.66. The molecule has 2 aromatic carbocycles. The summed E-state index contributed by atoms with van der Waals surface area (Å²) in [4.78, 5) is 26.8. The standard InChI is InChI=1S/C21H23N3O3/c1-2-14-6-8-15(9-7-14)18-12-22-10-11-24(18)21(26)16-4-3-5-17-20(16)27-13-19(25)23-17/h3-9,18,22H,2,10-13H2,1H3,(H,23,25). The zero-order chi connectivity index (χ0) is 18.8. The number of rotatable bonds is 3. The molecule has 2 heterocycles. The van der Waals surface area contributed by atoms with Crippen LogP contribution in [0.5, 0.6) is 5.75 Å². The van der Waals surface area contributed by atoms with Crippen LogP contribution in [0.15, 0.2) is 42.5 Å². The number of ether oxygens (including phenoxy) is 1. The summed E-state index contributed by atoms with van der Waals surface area (Å²) in [6.07, 6.45) is 0.991. The summed E-state index contributed by atoms with van der Waals surface area (Å²) in [6.45, 7) is 4.14. The fourth-order valence-corrected chi connectivity index (χ4v) is 3.66. The van der Waals surface area contributed by atoms with Crippen molar-refractivity contribution < 1.29 is 14.3 Å². The highest BCUT2D eigenvalue weighted by atomic mass is 16.5. The summed E-state index contributed by atoms with van der Waals surface area (Å²) in [5, 5.41) is 6.15. The van der Waals surface area contributed by atoms with E-state index in [1.165, 1.54) is 5.56 Å². The van der Waals surface area contributed by atoms with Crippen LogP contribution in [0.1, 0.15) is 34.5 Å². The topological polar surface area (TPSA) is 70.7 Å². The van der Waals surface area contributed by atoms with Gasteiger partial charge in [0.2, 0.25) is 0 Å². The van der Waals surface area contributed by atoms with E-state index in [9.17, 15) is 9.59 Å². The normalized spacial score (nSPS) is 19.1. The lowest BCUT2D eigenvalue weighted by atomic mass is 9.99. The second-order valence-electron chi connectivity index (χ2n) is 6.83. The maximum atomic E-state index is 13.4. The molecule has 0 spiro atoms. The minimum atomic E-state index is -0.205. The zero-order valence-corrected chi connectivity index (χ0v) is 15.3. The van der Waals surface area contributed by atoms with Crippen LogP contribution in [0.4, 0.5) is 5.69 Å². The van der Waals surface area contributed by atoms with Crippen molar-refractivity contribution in [2.75, 3.05) is 31.6 Å². The third kappa shape index (κ3) is 3.40. The summed E-state index contributed by atoms with van der Waals surface area (Å²) in [7, 11) is 0. The molecule has 2 aromatic rings. The average Bonchev–Trinajstić information content (AvgIpc) is 2.72. The lowest BCUT2D eigenvalue weighted by Crippen LogP contribution is -2.48. The van der Waals surface area contributed by atoms with Gasteiger partial charge in [0.25, 0.3) is 11.8 Å². The molecule has 2 N–H and O–H groups in total.